The number of rotatable bonds is 7. The number of benzene rings is 2. The van der Waals surface area contributed by atoms with Gasteiger partial charge in [-0.05, 0) is 23.6 Å². The summed E-state index contributed by atoms with van der Waals surface area (Å²) < 4.78 is 11.0. The van der Waals surface area contributed by atoms with Gasteiger partial charge in [0.15, 0.2) is 0 Å². The third kappa shape index (κ3) is 4.89. The van der Waals surface area contributed by atoms with Gasteiger partial charge in [-0.2, -0.15) is 0 Å². The molecule has 0 fully saturated rings. The molecule has 0 spiro atoms. The quantitative estimate of drug-likeness (QED) is 0.818. The Kier molecular flexibility index (Phi) is 6.49. The van der Waals surface area contributed by atoms with Crippen molar-refractivity contribution in [1.29, 1.82) is 0 Å². The molecular weight excluding hydrogens is 342 g/mol. The Morgan fingerprint density at radius 1 is 1.30 bits per heavy atom. The van der Waals surface area contributed by atoms with Crippen molar-refractivity contribution in [2.45, 2.75) is 6.42 Å². The van der Waals surface area contributed by atoms with Crippen molar-refractivity contribution in [3.8, 4) is 11.5 Å². The molecule has 0 radical (unpaired) electrons. The van der Waals surface area contributed by atoms with Crippen molar-refractivity contribution in [3.63, 3.8) is 0 Å². The van der Waals surface area contributed by atoms with Gasteiger partial charge in [-0.1, -0.05) is 48.6 Å². The number of amides is 1. The van der Waals surface area contributed by atoms with Gasteiger partial charge >= 0.3 is 0 Å². The average molecular weight is 367 g/mol. The first-order valence-corrected chi connectivity index (χ1v) is 9.12. The lowest BCUT2D eigenvalue weighted by Crippen LogP contribution is -2.42. The van der Waals surface area contributed by atoms with Crippen LogP contribution in [0.3, 0.4) is 0 Å². The van der Waals surface area contributed by atoms with Crippen molar-refractivity contribution in [3.05, 3.63) is 65.7 Å². The van der Waals surface area contributed by atoms with Crippen LogP contribution in [0, 0.1) is 5.92 Å². The van der Waals surface area contributed by atoms with Crippen LogP contribution in [0.2, 0.25) is 0 Å². The number of carbonyl (C=O) groups excluding carboxylic acids is 1. The molecule has 142 valence electrons. The van der Waals surface area contributed by atoms with E-state index in [4.69, 9.17) is 9.47 Å². The summed E-state index contributed by atoms with van der Waals surface area (Å²) in [5.41, 5.74) is 2.09. The zero-order valence-corrected chi connectivity index (χ0v) is 15.5. The summed E-state index contributed by atoms with van der Waals surface area (Å²) in [5, 5.41) is 9.35. The van der Waals surface area contributed by atoms with Crippen molar-refractivity contribution in [2.75, 3.05) is 33.4 Å². The van der Waals surface area contributed by atoms with Crippen LogP contribution >= 0.6 is 0 Å². The predicted octanol–water partition coefficient (Wildman–Crippen LogP) is 2.78. The van der Waals surface area contributed by atoms with E-state index in [1.165, 1.54) is 0 Å². The maximum Gasteiger partial charge on any atom is 0.229 e. The zero-order valence-electron chi connectivity index (χ0n) is 15.5. The van der Waals surface area contributed by atoms with E-state index >= 15 is 0 Å². The van der Waals surface area contributed by atoms with Gasteiger partial charge in [-0.15, -0.1) is 0 Å². The van der Waals surface area contributed by atoms with Gasteiger partial charge in [0.05, 0.1) is 19.6 Å². The Balaban J connectivity index is 1.65. The molecule has 0 aromatic heterocycles. The molecule has 2 aromatic rings. The first-order chi connectivity index (χ1) is 13.2. The summed E-state index contributed by atoms with van der Waals surface area (Å²) in [6.07, 6.45) is 4.56. The molecular formula is C22H25NO4. The topological polar surface area (TPSA) is 59.0 Å². The molecule has 0 saturated heterocycles. The van der Waals surface area contributed by atoms with Crippen LogP contribution in [0.25, 0.3) is 6.08 Å². The minimum atomic E-state index is -0.248. The summed E-state index contributed by atoms with van der Waals surface area (Å²) in [5.74, 6) is 1.27. The van der Waals surface area contributed by atoms with E-state index in [1.54, 1.807) is 12.0 Å². The predicted molar refractivity (Wildman–Crippen MR) is 105 cm³/mol. The molecule has 1 aliphatic rings. The zero-order chi connectivity index (χ0) is 19.1. The van der Waals surface area contributed by atoms with Gasteiger partial charge in [0.25, 0.3) is 0 Å². The van der Waals surface area contributed by atoms with Gasteiger partial charge in [0.2, 0.25) is 5.91 Å². The van der Waals surface area contributed by atoms with Crippen LogP contribution < -0.4 is 9.47 Å². The minimum Gasteiger partial charge on any atom is -0.497 e. The summed E-state index contributed by atoms with van der Waals surface area (Å²) in [7, 11) is 1.62. The van der Waals surface area contributed by atoms with Gasteiger partial charge in [0.1, 0.15) is 18.1 Å². The van der Waals surface area contributed by atoms with Crippen LogP contribution in [0.5, 0.6) is 11.5 Å². The van der Waals surface area contributed by atoms with E-state index in [0.29, 0.717) is 26.1 Å². The van der Waals surface area contributed by atoms with Gasteiger partial charge in [0, 0.05) is 19.2 Å². The molecule has 1 heterocycles. The molecule has 0 aliphatic carbocycles. The average Bonchev–Trinajstić information content (AvgIpc) is 2.72. The number of fused-ring (bicyclic) bond motifs is 1. The lowest BCUT2D eigenvalue weighted by Gasteiger charge is -2.29. The highest BCUT2D eigenvalue weighted by Crippen LogP contribution is 2.31. The van der Waals surface area contributed by atoms with Crippen LogP contribution in [-0.4, -0.2) is 49.3 Å². The van der Waals surface area contributed by atoms with E-state index in [0.717, 1.165) is 22.6 Å². The Hall–Kier alpha value is -2.79. The molecule has 5 heteroatoms. The molecule has 27 heavy (non-hydrogen) atoms. The van der Waals surface area contributed by atoms with Crippen LogP contribution in [0.4, 0.5) is 0 Å². The van der Waals surface area contributed by atoms with Crippen LogP contribution in [-0.2, 0) is 11.2 Å². The molecule has 3 rings (SSSR count). The third-order valence-electron chi connectivity index (χ3n) is 4.65. The second-order valence-corrected chi connectivity index (χ2v) is 6.51. The number of hydrogen-bond donors (Lipinski definition) is 1. The van der Waals surface area contributed by atoms with Crippen molar-refractivity contribution < 1.29 is 19.4 Å². The standard InChI is InChI=1S/C22H25NO4/c1-26-20-10-9-18-14-19(16-27-21(18)15-20)22(25)23(12-13-24)11-5-8-17-6-3-2-4-7-17/h2-10,15,19,24H,11-14,16H2,1H3. The summed E-state index contributed by atoms with van der Waals surface area (Å²) in [6, 6.07) is 15.6. The van der Waals surface area contributed by atoms with E-state index in [-0.39, 0.29) is 18.4 Å². The fraction of sp³-hybridized carbons (Fsp3) is 0.318. The molecule has 1 amide bonds. The summed E-state index contributed by atoms with van der Waals surface area (Å²) in [6.45, 7) is 1.04. The summed E-state index contributed by atoms with van der Waals surface area (Å²) >= 11 is 0. The lowest BCUT2D eigenvalue weighted by molar-refractivity contribution is -0.136. The number of hydrogen-bond acceptors (Lipinski definition) is 4. The monoisotopic (exact) mass is 367 g/mol. The molecule has 1 unspecified atom stereocenters. The molecule has 1 N–H and O–H groups in total. The maximum absolute atomic E-state index is 12.9. The fourth-order valence-corrected chi connectivity index (χ4v) is 3.19. The highest BCUT2D eigenvalue weighted by molar-refractivity contribution is 5.80. The number of aliphatic hydroxyl groups is 1. The summed E-state index contributed by atoms with van der Waals surface area (Å²) in [4.78, 5) is 14.6. The molecule has 0 saturated carbocycles. The highest BCUT2D eigenvalue weighted by Gasteiger charge is 2.29. The third-order valence-corrected chi connectivity index (χ3v) is 4.65. The van der Waals surface area contributed by atoms with E-state index < -0.39 is 0 Å². The van der Waals surface area contributed by atoms with Gasteiger partial charge in [-0.3, -0.25) is 4.79 Å². The number of methoxy groups -OCH3 is 1. The first-order valence-electron chi connectivity index (χ1n) is 9.12. The second-order valence-electron chi connectivity index (χ2n) is 6.51. The maximum atomic E-state index is 12.9. The Morgan fingerprint density at radius 3 is 2.85 bits per heavy atom. The largest absolute Gasteiger partial charge is 0.497 e. The van der Waals surface area contributed by atoms with Gasteiger partial charge in [-0.25, -0.2) is 0 Å². The van der Waals surface area contributed by atoms with Crippen LogP contribution in [0.15, 0.2) is 54.6 Å². The minimum absolute atomic E-state index is 0.00299. The second kappa shape index (κ2) is 9.24. The van der Waals surface area contributed by atoms with Crippen molar-refractivity contribution in [1.82, 2.24) is 4.90 Å². The lowest BCUT2D eigenvalue weighted by atomic mass is 9.95. The molecule has 5 nitrogen and oxygen atoms in total. The van der Waals surface area contributed by atoms with Crippen LogP contribution in [0.1, 0.15) is 11.1 Å². The highest BCUT2D eigenvalue weighted by atomic mass is 16.5. The SMILES string of the molecule is COc1ccc2c(c1)OCC(C(=O)N(CC=Cc1ccccc1)CCO)C2. The molecule has 1 atom stereocenters. The Labute approximate surface area is 159 Å². The van der Waals surface area contributed by atoms with Crippen molar-refractivity contribution >= 4 is 12.0 Å². The van der Waals surface area contributed by atoms with E-state index in [9.17, 15) is 9.90 Å². The number of aliphatic hydroxyl groups excluding tert-OH is 1. The van der Waals surface area contributed by atoms with E-state index in [1.807, 2.05) is 60.7 Å². The Bertz CT molecular complexity index is 788. The molecule has 0 bridgehead atoms. The van der Waals surface area contributed by atoms with Crippen molar-refractivity contribution in [2.24, 2.45) is 5.92 Å². The number of nitrogens with zero attached hydrogens (tertiary/aromatic N) is 1. The fourth-order valence-electron chi connectivity index (χ4n) is 3.19. The Morgan fingerprint density at radius 2 is 2.11 bits per heavy atom. The first kappa shape index (κ1) is 19.0. The molecule has 1 aliphatic heterocycles. The molecule has 2 aromatic carbocycles. The normalized spacial score (nSPS) is 15.9. The van der Waals surface area contributed by atoms with E-state index in [2.05, 4.69) is 0 Å². The number of ether oxygens (including phenoxy) is 2. The smallest absolute Gasteiger partial charge is 0.229 e. The number of carbonyl (C=O) groups is 1. The van der Waals surface area contributed by atoms with Gasteiger partial charge < -0.3 is 19.5 Å².